The Morgan fingerprint density at radius 3 is 2.69 bits per heavy atom. The summed E-state index contributed by atoms with van der Waals surface area (Å²) in [4.78, 5) is 0. The summed E-state index contributed by atoms with van der Waals surface area (Å²) in [6.07, 6.45) is 0. The number of halogens is 2. The summed E-state index contributed by atoms with van der Waals surface area (Å²) in [6.45, 7) is 1.42. The van der Waals surface area contributed by atoms with Gasteiger partial charge in [0, 0.05) is 17.1 Å². The van der Waals surface area contributed by atoms with Gasteiger partial charge in [-0.3, -0.25) is 0 Å². The van der Waals surface area contributed by atoms with Crippen LogP contribution in [0.1, 0.15) is 12.5 Å². The minimum atomic E-state index is -1.34. The average molecular weight is 204 g/mol. The van der Waals surface area contributed by atoms with Crippen molar-refractivity contribution in [2.45, 2.75) is 12.5 Å². The molecule has 1 atom stereocenters. The number of hydrogen-bond donors (Lipinski definition) is 2. The molecule has 0 radical (unpaired) electrons. The van der Waals surface area contributed by atoms with E-state index in [0.717, 1.165) is 6.07 Å². The molecule has 0 bridgehead atoms. The van der Waals surface area contributed by atoms with Crippen LogP contribution >= 0.6 is 11.6 Å². The molecule has 1 aromatic rings. The zero-order valence-electron chi connectivity index (χ0n) is 7.22. The molecular formula is C9H11ClFNO. The molecule has 4 heteroatoms. The fraction of sp³-hybridized carbons (Fsp3) is 0.333. The monoisotopic (exact) mass is 203 g/mol. The Kier molecular flexibility index (Phi) is 2.91. The predicted octanol–water partition coefficient (Wildman–Crippen LogP) is 1.65. The molecule has 2 nitrogen and oxygen atoms in total. The van der Waals surface area contributed by atoms with Crippen LogP contribution in [-0.4, -0.2) is 11.7 Å². The highest BCUT2D eigenvalue weighted by molar-refractivity contribution is 6.30. The third-order valence-electron chi connectivity index (χ3n) is 1.91. The van der Waals surface area contributed by atoms with Crippen molar-refractivity contribution in [2.75, 3.05) is 6.54 Å². The second-order valence-corrected chi connectivity index (χ2v) is 3.54. The van der Waals surface area contributed by atoms with E-state index in [1.165, 1.54) is 19.1 Å². The normalized spacial score (nSPS) is 15.5. The summed E-state index contributed by atoms with van der Waals surface area (Å²) in [5.41, 5.74) is 4.12. The van der Waals surface area contributed by atoms with Crippen molar-refractivity contribution in [3.05, 3.63) is 34.6 Å². The van der Waals surface area contributed by atoms with Crippen LogP contribution in [0.3, 0.4) is 0 Å². The van der Waals surface area contributed by atoms with Gasteiger partial charge in [0.05, 0.1) is 0 Å². The third-order valence-corrected chi connectivity index (χ3v) is 2.14. The van der Waals surface area contributed by atoms with Gasteiger partial charge in [-0.1, -0.05) is 17.7 Å². The van der Waals surface area contributed by atoms with Crippen molar-refractivity contribution in [1.82, 2.24) is 0 Å². The minimum absolute atomic E-state index is 0.0362. The lowest BCUT2D eigenvalue weighted by atomic mass is 9.96. The first-order chi connectivity index (χ1) is 5.97. The standard InChI is InChI=1S/C9H11ClFNO/c1-9(13,5-12)7-3-2-6(10)4-8(7)11/h2-4,13H,5,12H2,1H3. The molecule has 1 rings (SSSR count). The van der Waals surface area contributed by atoms with E-state index in [1.807, 2.05) is 0 Å². The van der Waals surface area contributed by atoms with Crippen molar-refractivity contribution in [2.24, 2.45) is 5.73 Å². The second-order valence-electron chi connectivity index (χ2n) is 3.10. The summed E-state index contributed by atoms with van der Waals surface area (Å²) in [5.74, 6) is -0.539. The van der Waals surface area contributed by atoms with Gasteiger partial charge in [-0.15, -0.1) is 0 Å². The lowest BCUT2D eigenvalue weighted by Gasteiger charge is -2.22. The van der Waals surface area contributed by atoms with Crippen molar-refractivity contribution in [3.63, 3.8) is 0 Å². The minimum Gasteiger partial charge on any atom is -0.384 e. The van der Waals surface area contributed by atoms with Gasteiger partial charge >= 0.3 is 0 Å². The molecule has 1 unspecified atom stereocenters. The Bertz CT molecular complexity index is 314. The maximum atomic E-state index is 13.2. The van der Waals surface area contributed by atoms with Gasteiger partial charge in [0.2, 0.25) is 0 Å². The van der Waals surface area contributed by atoms with Crippen LogP contribution in [0.15, 0.2) is 18.2 Å². The highest BCUT2D eigenvalue weighted by Gasteiger charge is 2.24. The Labute approximate surface area is 81.1 Å². The largest absolute Gasteiger partial charge is 0.384 e. The van der Waals surface area contributed by atoms with E-state index in [4.69, 9.17) is 17.3 Å². The number of nitrogens with two attached hydrogens (primary N) is 1. The van der Waals surface area contributed by atoms with Crippen LogP contribution in [0, 0.1) is 5.82 Å². The molecule has 3 N–H and O–H groups in total. The molecule has 72 valence electrons. The quantitative estimate of drug-likeness (QED) is 0.768. The van der Waals surface area contributed by atoms with E-state index in [2.05, 4.69) is 0 Å². The topological polar surface area (TPSA) is 46.2 Å². The van der Waals surface area contributed by atoms with Gasteiger partial charge in [-0.2, -0.15) is 0 Å². The molecule has 0 fully saturated rings. The summed E-state index contributed by atoms with van der Waals surface area (Å²) in [5, 5.41) is 9.96. The fourth-order valence-electron chi connectivity index (χ4n) is 1.04. The van der Waals surface area contributed by atoms with E-state index in [9.17, 15) is 9.50 Å². The SMILES string of the molecule is CC(O)(CN)c1ccc(Cl)cc1F. The molecular weight excluding hydrogens is 193 g/mol. The first kappa shape index (κ1) is 10.4. The summed E-state index contributed by atoms with van der Waals surface area (Å²) >= 11 is 5.56. The lowest BCUT2D eigenvalue weighted by molar-refractivity contribution is 0.0629. The van der Waals surface area contributed by atoms with E-state index in [0.29, 0.717) is 5.02 Å². The van der Waals surface area contributed by atoms with Gasteiger partial charge in [0.1, 0.15) is 11.4 Å². The van der Waals surface area contributed by atoms with Crippen molar-refractivity contribution in [3.8, 4) is 0 Å². The van der Waals surface area contributed by atoms with E-state index < -0.39 is 11.4 Å². The first-order valence-electron chi connectivity index (χ1n) is 3.85. The van der Waals surface area contributed by atoms with E-state index >= 15 is 0 Å². The zero-order chi connectivity index (χ0) is 10.1. The van der Waals surface area contributed by atoms with Gasteiger partial charge in [-0.25, -0.2) is 4.39 Å². The van der Waals surface area contributed by atoms with Crippen molar-refractivity contribution < 1.29 is 9.50 Å². The van der Waals surface area contributed by atoms with Crippen LogP contribution in [0.2, 0.25) is 5.02 Å². The number of hydrogen-bond acceptors (Lipinski definition) is 2. The summed E-state index contributed by atoms with van der Waals surface area (Å²) < 4.78 is 13.2. The summed E-state index contributed by atoms with van der Waals surface area (Å²) in [6, 6.07) is 4.11. The Hall–Kier alpha value is -0.640. The molecule has 1 aromatic carbocycles. The molecule has 0 aliphatic carbocycles. The highest BCUT2D eigenvalue weighted by Crippen LogP contribution is 2.24. The predicted molar refractivity (Wildman–Crippen MR) is 50.0 cm³/mol. The van der Waals surface area contributed by atoms with Gasteiger partial charge in [-0.05, 0) is 19.1 Å². The lowest BCUT2D eigenvalue weighted by Crippen LogP contribution is -2.32. The molecule has 0 heterocycles. The molecule has 0 amide bonds. The Morgan fingerprint density at radius 2 is 2.23 bits per heavy atom. The second kappa shape index (κ2) is 3.62. The highest BCUT2D eigenvalue weighted by atomic mass is 35.5. The molecule has 0 aromatic heterocycles. The molecule has 0 aliphatic heterocycles. The van der Waals surface area contributed by atoms with E-state index in [1.54, 1.807) is 0 Å². The number of aliphatic hydroxyl groups is 1. The maximum Gasteiger partial charge on any atom is 0.130 e. The molecule has 13 heavy (non-hydrogen) atoms. The average Bonchev–Trinajstić information content (AvgIpc) is 2.03. The van der Waals surface area contributed by atoms with Crippen LogP contribution in [0.5, 0.6) is 0 Å². The number of rotatable bonds is 2. The Balaban J connectivity index is 3.16. The smallest absolute Gasteiger partial charge is 0.130 e. The molecule has 0 saturated heterocycles. The van der Waals surface area contributed by atoms with Crippen molar-refractivity contribution in [1.29, 1.82) is 0 Å². The van der Waals surface area contributed by atoms with Crippen LogP contribution in [0.25, 0.3) is 0 Å². The Morgan fingerprint density at radius 1 is 1.62 bits per heavy atom. The zero-order valence-corrected chi connectivity index (χ0v) is 7.98. The molecule has 0 saturated carbocycles. The van der Waals surface area contributed by atoms with Crippen molar-refractivity contribution >= 4 is 11.6 Å². The van der Waals surface area contributed by atoms with Gasteiger partial charge in [0.15, 0.2) is 0 Å². The van der Waals surface area contributed by atoms with Crippen LogP contribution in [-0.2, 0) is 5.60 Å². The molecule has 0 spiro atoms. The van der Waals surface area contributed by atoms with Crippen LogP contribution < -0.4 is 5.73 Å². The molecule has 0 aliphatic rings. The maximum absolute atomic E-state index is 13.2. The number of benzene rings is 1. The fourth-order valence-corrected chi connectivity index (χ4v) is 1.20. The van der Waals surface area contributed by atoms with Gasteiger partial charge in [0.25, 0.3) is 0 Å². The van der Waals surface area contributed by atoms with Gasteiger partial charge < -0.3 is 10.8 Å². The third kappa shape index (κ3) is 2.18. The van der Waals surface area contributed by atoms with Crippen LogP contribution in [0.4, 0.5) is 4.39 Å². The van der Waals surface area contributed by atoms with E-state index in [-0.39, 0.29) is 12.1 Å². The summed E-state index contributed by atoms with van der Waals surface area (Å²) in [7, 11) is 0. The first-order valence-corrected chi connectivity index (χ1v) is 4.23.